The average molecular weight is 429 g/mol. The second-order valence-corrected chi connectivity index (χ2v) is 9.34. The Morgan fingerprint density at radius 2 is 1.86 bits per heavy atom. The van der Waals surface area contributed by atoms with Crippen LogP contribution in [-0.4, -0.2) is 68.9 Å². The van der Waals surface area contributed by atoms with Gasteiger partial charge in [-0.05, 0) is 51.8 Å². The molecule has 0 aliphatic carbocycles. The van der Waals surface area contributed by atoms with Gasteiger partial charge in [-0.15, -0.1) is 0 Å². The highest BCUT2D eigenvalue weighted by molar-refractivity contribution is 7.89. The Morgan fingerprint density at radius 3 is 2.41 bits per heavy atom. The number of guanidine groups is 1. The lowest BCUT2D eigenvalue weighted by molar-refractivity contribution is 0.186. The van der Waals surface area contributed by atoms with E-state index in [1.165, 1.54) is 4.31 Å². The van der Waals surface area contributed by atoms with Gasteiger partial charge in [0.25, 0.3) is 0 Å². The maximum atomic E-state index is 11.7. The lowest BCUT2D eigenvalue weighted by Crippen LogP contribution is -2.39. The summed E-state index contributed by atoms with van der Waals surface area (Å²) in [5.74, 6) is 1.46. The normalized spacial score (nSPS) is 13.6. The summed E-state index contributed by atoms with van der Waals surface area (Å²) >= 11 is 0. The van der Waals surface area contributed by atoms with Gasteiger partial charge in [0.2, 0.25) is 10.0 Å². The maximum absolute atomic E-state index is 11.7. The van der Waals surface area contributed by atoms with Crippen molar-refractivity contribution < 1.29 is 18.3 Å². The van der Waals surface area contributed by atoms with Crippen LogP contribution in [0.15, 0.2) is 29.3 Å². The minimum atomic E-state index is -3.15. The van der Waals surface area contributed by atoms with Gasteiger partial charge in [0.05, 0.1) is 24.5 Å². The fraction of sp³-hybridized carbons (Fsp3) is 0.650. The fourth-order valence-electron chi connectivity index (χ4n) is 2.53. The zero-order valence-corrected chi connectivity index (χ0v) is 19.0. The molecule has 9 heteroatoms. The third-order valence-electron chi connectivity index (χ3n) is 4.19. The molecule has 1 aromatic carbocycles. The monoisotopic (exact) mass is 428 g/mol. The van der Waals surface area contributed by atoms with Gasteiger partial charge in [-0.25, -0.2) is 12.7 Å². The van der Waals surface area contributed by atoms with E-state index in [1.54, 1.807) is 14.0 Å². The summed E-state index contributed by atoms with van der Waals surface area (Å²) in [5.41, 5.74) is 0.770. The number of nitrogens with zero attached hydrogens (tertiary/aromatic N) is 2. The van der Waals surface area contributed by atoms with Gasteiger partial charge >= 0.3 is 0 Å². The highest BCUT2D eigenvalue weighted by Gasteiger charge is 2.14. The molecule has 1 atom stereocenters. The van der Waals surface area contributed by atoms with Crippen molar-refractivity contribution in [3.05, 3.63) is 29.8 Å². The summed E-state index contributed by atoms with van der Waals surface area (Å²) in [6, 6.07) is 7.35. The van der Waals surface area contributed by atoms with E-state index >= 15 is 0 Å². The molecular weight excluding hydrogens is 392 g/mol. The van der Waals surface area contributed by atoms with Crippen LogP contribution in [0.4, 0.5) is 0 Å². The summed E-state index contributed by atoms with van der Waals surface area (Å²) in [6.45, 7) is 9.44. The SMILES string of the molecule is CCNC(=NCC(O)c1ccc(OC(C)C)cc1)NCCCN(C)S(=O)(=O)CC. The Labute approximate surface area is 175 Å². The summed E-state index contributed by atoms with van der Waals surface area (Å²) < 4.78 is 30.5. The quantitative estimate of drug-likeness (QED) is 0.266. The number of hydrogen-bond acceptors (Lipinski definition) is 5. The highest BCUT2D eigenvalue weighted by Crippen LogP contribution is 2.19. The van der Waals surface area contributed by atoms with Crippen LogP contribution in [0.3, 0.4) is 0 Å². The molecule has 1 unspecified atom stereocenters. The molecule has 0 radical (unpaired) electrons. The Balaban J connectivity index is 2.54. The number of hydrogen-bond donors (Lipinski definition) is 3. The van der Waals surface area contributed by atoms with E-state index in [9.17, 15) is 13.5 Å². The molecule has 29 heavy (non-hydrogen) atoms. The first kappa shape index (κ1) is 25.2. The third-order valence-corrected chi connectivity index (χ3v) is 6.05. The molecule has 1 aromatic rings. The zero-order chi connectivity index (χ0) is 21.9. The molecule has 166 valence electrons. The second-order valence-electron chi connectivity index (χ2n) is 6.97. The number of benzene rings is 1. The summed E-state index contributed by atoms with van der Waals surface area (Å²) in [6.07, 6.45) is 0.0328. The van der Waals surface area contributed by atoms with E-state index in [0.29, 0.717) is 32.0 Å². The number of aliphatic hydroxyl groups excluding tert-OH is 1. The van der Waals surface area contributed by atoms with E-state index in [1.807, 2.05) is 45.0 Å². The van der Waals surface area contributed by atoms with Crippen molar-refractivity contribution in [3.63, 3.8) is 0 Å². The van der Waals surface area contributed by atoms with Crippen molar-refractivity contribution in [2.75, 3.05) is 39.0 Å². The standard InChI is InChI=1S/C20H36N4O4S/c1-6-21-20(22-13-8-14-24(5)29(26,27)7-2)23-15-19(25)17-9-11-18(12-10-17)28-16(3)4/h9-12,16,19,25H,6-8,13-15H2,1-5H3,(H2,21,22,23). The highest BCUT2D eigenvalue weighted by atomic mass is 32.2. The number of sulfonamides is 1. The molecule has 3 N–H and O–H groups in total. The van der Waals surface area contributed by atoms with Crippen LogP contribution in [0.5, 0.6) is 5.75 Å². The smallest absolute Gasteiger partial charge is 0.213 e. The topological polar surface area (TPSA) is 103 Å². The molecule has 0 saturated carbocycles. The minimum absolute atomic E-state index is 0.101. The van der Waals surface area contributed by atoms with E-state index < -0.39 is 16.1 Å². The molecule has 0 saturated heterocycles. The third kappa shape index (κ3) is 9.47. The van der Waals surface area contributed by atoms with Crippen molar-refractivity contribution in [2.45, 2.75) is 46.3 Å². The zero-order valence-electron chi connectivity index (χ0n) is 18.2. The van der Waals surface area contributed by atoms with Crippen molar-refractivity contribution in [2.24, 2.45) is 4.99 Å². The number of nitrogens with one attached hydrogen (secondary N) is 2. The molecule has 0 aliphatic heterocycles. The van der Waals surface area contributed by atoms with Crippen LogP contribution in [-0.2, 0) is 10.0 Å². The number of rotatable bonds is 12. The van der Waals surface area contributed by atoms with Crippen molar-refractivity contribution in [1.29, 1.82) is 0 Å². The summed E-state index contributed by atoms with van der Waals surface area (Å²) in [4.78, 5) is 4.42. The molecular formula is C20H36N4O4S. The molecule has 1 rings (SSSR count). The van der Waals surface area contributed by atoms with Crippen LogP contribution >= 0.6 is 0 Å². The molecule has 0 amide bonds. The van der Waals surface area contributed by atoms with Crippen LogP contribution in [0.2, 0.25) is 0 Å². The first-order valence-electron chi connectivity index (χ1n) is 10.1. The van der Waals surface area contributed by atoms with Gasteiger partial charge in [0.15, 0.2) is 5.96 Å². The lowest BCUT2D eigenvalue weighted by atomic mass is 10.1. The van der Waals surface area contributed by atoms with E-state index in [4.69, 9.17) is 4.74 Å². The molecule has 0 bridgehead atoms. The van der Waals surface area contributed by atoms with Crippen LogP contribution in [0.1, 0.15) is 45.8 Å². The molecule has 8 nitrogen and oxygen atoms in total. The predicted octanol–water partition coefficient (Wildman–Crippen LogP) is 1.73. The Bertz CT molecular complexity index is 721. The average Bonchev–Trinajstić information content (AvgIpc) is 2.68. The van der Waals surface area contributed by atoms with Gasteiger partial charge in [0, 0.05) is 26.7 Å². The first-order chi connectivity index (χ1) is 13.7. The summed E-state index contributed by atoms with van der Waals surface area (Å²) in [5, 5.41) is 16.7. The van der Waals surface area contributed by atoms with Crippen LogP contribution in [0, 0.1) is 0 Å². The number of aliphatic imine (C=N–C) groups is 1. The number of aliphatic hydroxyl groups is 1. The van der Waals surface area contributed by atoms with Crippen molar-refractivity contribution in [3.8, 4) is 5.75 Å². The fourth-order valence-corrected chi connectivity index (χ4v) is 3.38. The van der Waals surface area contributed by atoms with Gasteiger partial charge in [0.1, 0.15) is 5.75 Å². The van der Waals surface area contributed by atoms with Gasteiger partial charge in [-0.1, -0.05) is 12.1 Å². The Morgan fingerprint density at radius 1 is 1.21 bits per heavy atom. The van der Waals surface area contributed by atoms with Gasteiger partial charge < -0.3 is 20.5 Å². The summed E-state index contributed by atoms with van der Waals surface area (Å²) in [7, 11) is -1.56. The largest absolute Gasteiger partial charge is 0.491 e. The van der Waals surface area contributed by atoms with Crippen LogP contribution < -0.4 is 15.4 Å². The molecule has 0 spiro atoms. The Kier molecular flexibility index (Phi) is 11.0. The van der Waals surface area contributed by atoms with Crippen LogP contribution in [0.25, 0.3) is 0 Å². The molecule has 0 aliphatic rings. The van der Waals surface area contributed by atoms with Gasteiger partial charge in [-0.2, -0.15) is 0 Å². The first-order valence-corrected chi connectivity index (χ1v) is 11.7. The lowest BCUT2D eigenvalue weighted by Gasteiger charge is -2.17. The van der Waals surface area contributed by atoms with Crippen molar-refractivity contribution >= 4 is 16.0 Å². The van der Waals surface area contributed by atoms with Crippen molar-refractivity contribution in [1.82, 2.24) is 14.9 Å². The van der Waals surface area contributed by atoms with E-state index in [-0.39, 0.29) is 18.4 Å². The van der Waals surface area contributed by atoms with E-state index in [2.05, 4.69) is 15.6 Å². The second kappa shape index (κ2) is 12.7. The Hall–Kier alpha value is -1.84. The number of ether oxygens (including phenoxy) is 1. The van der Waals surface area contributed by atoms with E-state index in [0.717, 1.165) is 11.3 Å². The maximum Gasteiger partial charge on any atom is 0.213 e. The van der Waals surface area contributed by atoms with Gasteiger partial charge in [-0.3, -0.25) is 4.99 Å². The predicted molar refractivity (Wildman–Crippen MR) is 118 cm³/mol. The minimum Gasteiger partial charge on any atom is -0.491 e. The molecule has 0 aromatic heterocycles. The molecule has 0 fully saturated rings. The molecule has 0 heterocycles.